The Labute approximate surface area is 174 Å². The van der Waals surface area contributed by atoms with Crippen molar-refractivity contribution in [2.45, 2.75) is 24.5 Å². The maximum atomic E-state index is 13.1. The number of H-pyrrole nitrogens is 1. The summed E-state index contributed by atoms with van der Waals surface area (Å²) in [5.74, 6) is 0.763. The number of rotatable bonds is 4. The highest BCUT2D eigenvalue weighted by atomic mass is 79.9. The Morgan fingerprint density at radius 1 is 1.21 bits per heavy atom. The monoisotopic (exact) mass is 492 g/mol. The molecule has 0 fully saturated rings. The Kier molecular flexibility index (Phi) is 5.97. The zero-order chi connectivity index (χ0) is 20.6. The molecule has 10 heteroatoms. The SMILES string of the molecule is CCSc1ccc(Cl)cc1Cn1c(=O)[nH]c2c(Br)cc(C(F)(F)F)cc2c1=O. The number of alkyl halides is 3. The zero-order valence-corrected chi connectivity index (χ0v) is 17.5. The van der Waals surface area contributed by atoms with Crippen molar-refractivity contribution in [2.24, 2.45) is 0 Å². The van der Waals surface area contributed by atoms with Crippen molar-refractivity contribution in [1.29, 1.82) is 0 Å². The first-order valence-corrected chi connectivity index (χ1v) is 10.2. The van der Waals surface area contributed by atoms with E-state index in [9.17, 15) is 22.8 Å². The molecule has 0 amide bonds. The van der Waals surface area contributed by atoms with Crippen molar-refractivity contribution in [2.75, 3.05) is 5.75 Å². The lowest BCUT2D eigenvalue weighted by Crippen LogP contribution is -2.35. The molecule has 3 rings (SSSR count). The summed E-state index contributed by atoms with van der Waals surface area (Å²) < 4.78 is 40.2. The number of hydrogen-bond acceptors (Lipinski definition) is 3. The fourth-order valence-electron chi connectivity index (χ4n) is 2.76. The zero-order valence-electron chi connectivity index (χ0n) is 14.4. The second kappa shape index (κ2) is 7.96. The van der Waals surface area contributed by atoms with Crippen LogP contribution in [-0.2, 0) is 12.7 Å². The van der Waals surface area contributed by atoms with Crippen LogP contribution in [0.3, 0.4) is 0 Å². The lowest BCUT2D eigenvalue weighted by molar-refractivity contribution is -0.137. The first-order chi connectivity index (χ1) is 13.1. The molecule has 0 unspecified atom stereocenters. The van der Waals surface area contributed by atoms with Crippen LogP contribution in [0.1, 0.15) is 18.1 Å². The molecular weight excluding hydrogens is 481 g/mol. The molecule has 0 atom stereocenters. The minimum absolute atomic E-state index is 0.0105. The van der Waals surface area contributed by atoms with E-state index in [-0.39, 0.29) is 21.9 Å². The first-order valence-electron chi connectivity index (χ1n) is 8.06. The maximum absolute atomic E-state index is 13.1. The molecule has 0 spiro atoms. The molecule has 0 radical (unpaired) electrons. The van der Waals surface area contributed by atoms with Crippen molar-refractivity contribution in [3.05, 3.63) is 71.8 Å². The predicted octanol–water partition coefficient (Wildman–Crippen LogP) is 5.28. The van der Waals surface area contributed by atoms with E-state index in [1.54, 1.807) is 18.2 Å². The van der Waals surface area contributed by atoms with Gasteiger partial charge in [-0.2, -0.15) is 13.2 Å². The summed E-state index contributed by atoms with van der Waals surface area (Å²) >= 11 is 10.5. The standard InChI is InChI=1S/C18H13BrClF3N2O2S/c1-2-28-14-4-3-11(20)5-9(14)8-25-16(26)12-6-10(18(21,22)23)7-13(19)15(12)24-17(25)27/h3-7H,2,8H2,1H3,(H,24,27). The number of halogens is 5. The number of aromatic nitrogens is 2. The quantitative estimate of drug-likeness (QED) is 0.503. The highest BCUT2D eigenvalue weighted by Gasteiger charge is 2.32. The largest absolute Gasteiger partial charge is 0.416 e. The van der Waals surface area contributed by atoms with Gasteiger partial charge < -0.3 is 4.98 Å². The average molecular weight is 494 g/mol. The Morgan fingerprint density at radius 2 is 1.93 bits per heavy atom. The summed E-state index contributed by atoms with van der Waals surface area (Å²) in [6.45, 7) is 1.84. The normalized spacial score (nSPS) is 11.9. The molecule has 0 saturated heterocycles. The van der Waals surface area contributed by atoms with Gasteiger partial charge in [0.2, 0.25) is 0 Å². The van der Waals surface area contributed by atoms with Gasteiger partial charge in [-0.3, -0.25) is 9.36 Å². The molecule has 2 aromatic carbocycles. The fraction of sp³-hybridized carbons (Fsp3) is 0.222. The molecule has 28 heavy (non-hydrogen) atoms. The van der Waals surface area contributed by atoms with Gasteiger partial charge in [0, 0.05) is 14.4 Å². The second-order valence-corrected chi connectivity index (χ2v) is 8.48. The van der Waals surface area contributed by atoms with Crippen molar-refractivity contribution in [3.63, 3.8) is 0 Å². The number of nitrogens with zero attached hydrogens (tertiary/aromatic N) is 1. The summed E-state index contributed by atoms with van der Waals surface area (Å²) in [5, 5.41) is 0.204. The smallest absolute Gasteiger partial charge is 0.306 e. The fourth-order valence-corrected chi connectivity index (χ4v) is 4.30. The van der Waals surface area contributed by atoms with Crippen LogP contribution < -0.4 is 11.2 Å². The van der Waals surface area contributed by atoms with Crippen LogP contribution in [0.15, 0.2) is 49.3 Å². The van der Waals surface area contributed by atoms with Gasteiger partial charge in [-0.15, -0.1) is 11.8 Å². The van der Waals surface area contributed by atoms with Crippen LogP contribution in [0.25, 0.3) is 10.9 Å². The number of aromatic amines is 1. The van der Waals surface area contributed by atoms with E-state index in [2.05, 4.69) is 20.9 Å². The van der Waals surface area contributed by atoms with E-state index >= 15 is 0 Å². The molecule has 4 nitrogen and oxygen atoms in total. The molecule has 3 aromatic rings. The molecule has 1 heterocycles. The molecular formula is C18H13BrClF3N2O2S. The second-order valence-electron chi connectivity index (χ2n) is 5.88. The third-order valence-corrected chi connectivity index (χ3v) is 5.88. The number of benzene rings is 2. The van der Waals surface area contributed by atoms with Crippen LogP contribution in [0.2, 0.25) is 5.02 Å². The topological polar surface area (TPSA) is 54.9 Å². The lowest BCUT2D eigenvalue weighted by atomic mass is 10.1. The summed E-state index contributed by atoms with van der Waals surface area (Å²) in [6, 6.07) is 6.69. The van der Waals surface area contributed by atoms with E-state index in [0.717, 1.165) is 27.3 Å². The Balaban J connectivity index is 2.22. The summed E-state index contributed by atoms with van der Waals surface area (Å²) in [4.78, 5) is 28.6. The molecule has 0 saturated carbocycles. The van der Waals surface area contributed by atoms with E-state index in [0.29, 0.717) is 10.6 Å². The number of thioether (sulfide) groups is 1. The van der Waals surface area contributed by atoms with Gasteiger partial charge in [0.05, 0.1) is 23.0 Å². The Morgan fingerprint density at radius 3 is 2.57 bits per heavy atom. The molecule has 1 aromatic heterocycles. The van der Waals surface area contributed by atoms with Crippen molar-refractivity contribution in [1.82, 2.24) is 9.55 Å². The highest BCUT2D eigenvalue weighted by Crippen LogP contribution is 2.33. The van der Waals surface area contributed by atoms with Crippen molar-refractivity contribution < 1.29 is 13.2 Å². The number of nitrogens with one attached hydrogen (secondary N) is 1. The van der Waals surface area contributed by atoms with Crippen LogP contribution in [-0.4, -0.2) is 15.3 Å². The van der Waals surface area contributed by atoms with Gasteiger partial charge in [0.15, 0.2) is 0 Å². The molecule has 0 aliphatic heterocycles. The minimum Gasteiger partial charge on any atom is -0.306 e. The predicted molar refractivity (Wildman–Crippen MR) is 108 cm³/mol. The molecule has 0 aliphatic rings. The minimum atomic E-state index is -4.62. The number of fused-ring (bicyclic) bond motifs is 1. The highest BCUT2D eigenvalue weighted by molar-refractivity contribution is 9.10. The molecule has 148 valence electrons. The van der Waals surface area contributed by atoms with E-state index in [1.807, 2.05) is 6.92 Å². The van der Waals surface area contributed by atoms with Gasteiger partial charge in [0.1, 0.15) is 0 Å². The van der Waals surface area contributed by atoms with Gasteiger partial charge >= 0.3 is 11.9 Å². The van der Waals surface area contributed by atoms with Crippen molar-refractivity contribution >= 4 is 50.2 Å². The lowest BCUT2D eigenvalue weighted by Gasteiger charge is -2.13. The molecule has 0 bridgehead atoms. The van der Waals surface area contributed by atoms with E-state index in [4.69, 9.17) is 11.6 Å². The van der Waals surface area contributed by atoms with Gasteiger partial charge in [-0.1, -0.05) is 18.5 Å². The van der Waals surface area contributed by atoms with Crippen LogP contribution in [0.5, 0.6) is 0 Å². The summed E-state index contributed by atoms with van der Waals surface area (Å²) in [7, 11) is 0. The van der Waals surface area contributed by atoms with E-state index < -0.39 is 23.0 Å². The van der Waals surface area contributed by atoms with E-state index in [1.165, 1.54) is 11.8 Å². The molecule has 0 aliphatic carbocycles. The van der Waals surface area contributed by atoms with Gasteiger partial charge in [-0.25, -0.2) is 4.79 Å². The van der Waals surface area contributed by atoms with Crippen LogP contribution in [0, 0.1) is 0 Å². The third-order valence-electron chi connectivity index (χ3n) is 4.02. The third kappa shape index (κ3) is 4.16. The average Bonchev–Trinajstić information content (AvgIpc) is 2.60. The van der Waals surface area contributed by atoms with Crippen molar-refractivity contribution in [3.8, 4) is 0 Å². The summed E-state index contributed by atoms with van der Waals surface area (Å²) in [5.41, 5.74) is -1.85. The summed E-state index contributed by atoms with van der Waals surface area (Å²) in [6.07, 6.45) is -4.62. The van der Waals surface area contributed by atoms with Gasteiger partial charge in [-0.05, 0) is 57.6 Å². The maximum Gasteiger partial charge on any atom is 0.416 e. The first kappa shape index (κ1) is 21.0. The van der Waals surface area contributed by atoms with Crippen LogP contribution >= 0.6 is 39.3 Å². The molecule has 1 N–H and O–H groups in total. The van der Waals surface area contributed by atoms with Gasteiger partial charge in [0.25, 0.3) is 5.56 Å². The number of hydrogen-bond donors (Lipinski definition) is 1. The van der Waals surface area contributed by atoms with Crippen LogP contribution in [0.4, 0.5) is 13.2 Å². The Bertz CT molecular complexity index is 1170. The Hall–Kier alpha value is -1.71.